The van der Waals surface area contributed by atoms with E-state index >= 15 is 0 Å². The van der Waals surface area contributed by atoms with Gasteiger partial charge in [0, 0.05) is 19.8 Å². The quantitative estimate of drug-likeness (QED) is 0.845. The molecule has 0 aromatic rings. The Morgan fingerprint density at radius 3 is 2.43 bits per heavy atom. The molecule has 1 atom stereocenters. The first-order chi connectivity index (χ1) is 10.3. The minimum Gasteiger partial charge on any atom is -0.389 e. The number of ether oxygens (including phenoxy) is 2. The Labute approximate surface area is 128 Å². The summed E-state index contributed by atoms with van der Waals surface area (Å²) < 4.78 is 11.1. The van der Waals surface area contributed by atoms with Gasteiger partial charge in [0.2, 0.25) is 0 Å². The van der Waals surface area contributed by atoms with Crippen LogP contribution in [0.15, 0.2) is 0 Å². The highest BCUT2D eigenvalue weighted by molar-refractivity contribution is 4.90. The van der Waals surface area contributed by atoms with Gasteiger partial charge in [-0.15, -0.1) is 0 Å². The number of hydrogen-bond acceptors (Lipinski definition) is 4. The van der Waals surface area contributed by atoms with Gasteiger partial charge in [-0.05, 0) is 57.0 Å². The Morgan fingerprint density at radius 2 is 1.76 bits per heavy atom. The summed E-state index contributed by atoms with van der Waals surface area (Å²) in [4.78, 5) is 2.43. The Bertz CT molecular complexity index is 301. The van der Waals surface area contributed by atoms with Crippen LogP contribution in [0.5, 0.6) is 0 Å². The molecule has 4 nitrogen and oxygen atoms in total. The van der Waals surface area contributed by atoms with E-state index in [0.717, 1.165) is 45.7 Å². The van der Waals surface area contributed by atoms with Crippen LogP contribution < -0.4 is 0 Å². The van der Waals surface area contributed by atoms with E-state index in [2.05, 4.69) is 4.90 Å². The average Bonchev–Trinajstić information content (AvgIpc) is 2.97. The SMILES string of the molecule is OC(COC1CCOCC1)CN1CCC2(CCCC2)CC1. The van der Waals surface area contributed by atoms with Crippen molar-refractivity contribution >= 4 is 0 Å². The van der Waals surface area contributed by atoms with Gasteiger partial charge in [0.05, 0.1) is 18.8 Å². The number of aliphatic hydroxyl groups is 1. The Hall–Kier alpha value is -0.160. The molecule has 0 aromatic carbocycles. The summed E-state index contributed by atoms with van der Waals surface area (Å²) >= 11 is 0. The lowest BCUT2D eigenvalue weighted by atomic mass is 9.77. The molecule has 1 aliphatic carbocycles. The summed E-state index contributed by atoms with van der Waals surface area (Å²) in [6, 6.07) is 0. The molecule has 2 heterocycles. The summed E-state index contributed by atoms with van der Waals surface area (Å²) in [5, 5.41) is 10.2. The van der Waals surface area contributed by atoms with Gasteiger partial charge >= 0.3 is 0 Å². The van der Waals surface area contributed by atoms with Crippen molar-refractivity contribution in [3.63, 3.8) is 0 Å². The van der Waals surface area contributed by atoms with Gasteiger partial charge < -0.3 is 19.5 Å². The van der Waals surface area contributed by atoms with Gasteiger partial charge in [-0.3, -0.25) is 0 Å². The minimum absolute atomic E-state index is 0.288. The van der Waals surface area contributed by atoms with Crippen molar-refractivity contribution in [3.8, 4) is 0 Å². The van der Waals surface area contributed by atoms with Gasteiger partial charge in [0.25, 0.3) is 0 Å². The predicted octanol–water partition coefficient (Wildman–Crippen LogP) is 2.20. The largest absolute Gasteiger partial charge is 0.389 e. The second kappa shape index (κ2) is 7.40. The van der Waals surface area contributed by atoms with Gasteiger partial charge in [-0.2, -0.15) is 0 Å². The van der Waals surface area contributed by atoms with Crippen molar-refractivity contribution in [1.82, 2.24) is 4.90 Å². The molecule has 1 unspecified atom stereocenters. The van der Waals surface area contributed by atoms with Crippen LogP contribution in [-0.2, 0) is 9.47 Å². The maximum absolute atomic E-state index is 10.2. The molecule has 0 radical (unpaired) electrons. The van der Waals surface area contributed by atoms with E-state index in [1.165, 1.54) is 38.5 Å². The molecule has 1 N–H and O–H groups in total. The molecule has 4 heteroatoms. The lowest BCUT2D eigenvalue weighted by Gasteiger charge is -2.40. The molecule has 3 aliphatic rings. The van der Waals surface area contributed by atoms with Crippen LogP contribution >= 0.6 is 0 Å². The lowest BCUT2D eigenvalue weighted by molar-refractivity contribution is -0.0664. The zero-order valence-corrected chi connectivity index (χ0v) is 13.3. The molecule has 0 aromatic heterocycles. The fourth-order valence-electron chi connectivity index (χ4n) is 4.28. The first-order valence-corrected chi connectivity index (χ1v) is 8.86. The molecule has 21 heavy (non-hydrogen) atoms. The van der Waals surface area contributed by atoms with E-state index in [9.17, 15) is 5.11 Å². The van der Waals surface area contributed by atoms with Crippen LogP contribution in [0.4, 0.5) is 0 Å². The van der Waals surface area contributed by atoms with E-state index < -0.39 is 0 Å². The maximum Gasteiger partial charge on any atom is 0.0900 e. The van der Waals surface area contributed by atoms with Crippen LogP contribution in [0.3, 0.4) is 0 Å². The molecule has 122 valence electrons. The number of piperidine rings is 1. The van der Waals surface area contributed by atoms with Crippen molar-refractivity contribution in [2.24, 2.45) is 5.41 Å². The highest BCUT2D eigenvalue weighted by Crippen LogP contribution is 2.46. The third-order valence-electron chi connectivity index (χ3n) is 5.74. The van der Waals surface area contributed by atoms with E-state index in [1.54, 1.807) is 0 Å². The van der Waals surface area contributed by atoms with Crippen molar-refractivity contribution < 1.29 is 14.6 Å². The fraction of sp³-hybridized carbons (Fsp3) is 1.00. The first-order valence-electron chi connectivity index (χ1n) is 8.86. The molecule has 0 amide bonds. The highest BCUT2D eigenvalue weighted by Gasteiger charge is 2.37. The number of nitrogens with zero attached hydrogens (tertiary/aromatic N) is 1. The summed E-state index contributed by atoms with van der Waals surface area (Å²) in [7, 11) is 0. The van der Waals surface area contributed by atoms with Gasteiger partial charge in [0.1, 0.15) is 0 Å². The topological polar surface area (TPSA) is 41.9 Å². The Balaban J connectivity index is 1.32. The molecule has 2 saturated heterocycles. The van der Waals surface area contributed by atoms with Crippen LogP contribution in [0.2, 0.25) is 0 Å². The lowest BCUT2D eigenvalue weighted by Crippen LogP contribution is -2.43. The number of rotatable bonds is 5. The molecule has 0 bridgehead atoms. The molecule has 1 spiro atoms. The fourth-order valence-corrected chi connectivity index (χ4v) is 4.28. The van der Waals surface area contributed by atoms with E-state index in [4.69, 9.17) is 9.47 Å². The zero-order valence-electron chi connectivity index (χ0n) is 13.3. The normalized spacial score (nSPS) is 29.0. The van der Waals surface area contributed by atoms with Gasteiger partial charge in [0.15, 0.2) is 0 Å². The van der Waals surface area contributed by atoms with Crippen molar-refractivity contribution in [1.29, 1.82) is 0 Å². The van der Waals surface area contributed by atoms with Crippen molar-refractivity contribution in [2.45, 2.75) is 63.6 Å². The summed E-state index contributed by atoms with van der Waals surface area (Å²) in [6.45, 7) is 5.18. The van der Waals surface area contributed by atoms with E-state index in [-0.39, 0.29) is 12.2 Å². The van der Waals surface area contributed by atoms with Crippen molar-refractivity contribution in [3.05, 3.63) is 0 Å². The summed E-state index contributed by atoms with van der Waals surface area (Å²) in [5.41, 5.74) is 0.667. The smallest absolute Gasteiger partial charge is 0.0900 e. The highest BCUT2D eigenvalue weighted by atomic mass is 16.5. The Kier molecular flexibility index (Phi) is 5.54. The summed E-state index contributed by atoms with van der Waals surface area (Å²) in [5.74, 6) is 0. The third-order valence-corrected chi connectivity index (χ3v) is 5.74. The zero-order chi connectivity index (χ0) is 14.5. The molecular weight excluding hydrogens is 266 g/mol. The van der Waals surface area contributed by atoms with E-state index in [1.807, 2.05) is 0 Å². The van der Waals surface area contributed by atoms with Gasteiger partial charge in [-0.1, -0.05) is 12.8 Å². The number of hydrogen-bond donors (Lipinski definition) is 1. The third kappa shape index (κ3) is 4.41. The first kappa shape index (κ1) is 15.7. The molecule has 1 saturated carbocycles. The van der Waals surface area contributed by atoms with E-state index in [0.29, 0.717) is 12.0 Å². The van der Waals surface area contributed by atoms with Crippen LogP contribution in [0.1, 0.15) is 51.4 Å². The average molecular weight is 297 g/mol. The molecular formula is C17H31NO3. The predicted molar refractivity (Wildman–Crippen MR) is 82.4 cm³/mol. The molecule has 2 aliphatic heterocycles. The minimum atomic E-state index is -0.342. The maximum atomic E-state index is 10.2. The van der Waals surface area contributed by atoms with Crippen LogP contribution in [0.25, 0.3) is 0 Å². The Morgan fingerprint density at radius 1 is 1.10 bits per heavy atom. The number of aliphatic hydroxyl groups excluding tert-OH is 1. The second-order valence-corrected chi connectivity index (χ2v) is 7.31. The number of likely N-dealkylation sites (tertiary alicyclic amines) is 1. The summed E-state index contributed by atoms with van der Waals surface area (Å²) in [6.07, 6.45) is 10.3. The molecule has 3 rings (SSSR count). The second-order valence-electron chi connectivity index (χ2n) is 7.31. The van der Waals surface area contributed by atoms with Crippen molar-refractivity contribution in [2.75, 3.05) is 39.5 Å². The number of β-amino-alcohol motifs (C(OH)–C–C–N with tert-alkyl or cyclic N) is 1. The molecule has 3 fully saturated rings. The van der Waals surface area contributed by atoms with Gasteiger partial charge in [-0.25, -0.2) is 0 Å². The van der Waals surface area contributed by atoms with Crippen LogP contribution in [-0.4, -0.2) is 61.7 Å². The van der Waals surface area contributed by atoms with Crippen LogP contribution in [0, 0.1) is 5.41 Å². The standard InChI is InChI=1S/C17H31NO3/c19-15(14-21-16-3-11-20-12-4-16)13-18-9-7-17(8-10-18)5-1-2-6-17/h15-16,19H,1-14H2. The monoisotopic (exact) mass is 297 g/mol.